The van der Waals surface area contributed by atoms with Crippen LogP contribution in [-0.4, -0.2) is 26.4 Å². The number of benzene rings is 1. The van der Waals surface area contributed by atoms with Crippen LogP contribution in [0.15, 0.2) is 24.3 Å². The first-order chi connectivity index (χ1) is 10.4. The summed E-state index contributed by atoms with van der Waals surface area (Å²) in [5, 5.41) is 0. The molecule has 0 spiro atoms. The van der Waals surface area contributed by atoms with Gasteiger partial charge in [0.25, 0.3) is 0 Å². The molecular formula is C18H27NO2. The van der Waals surface area contributed by atoms with Gasteiger partial charge in [-0.3, -0.25) is 0 Å². The summed E-state index contributed by atoms with van der Waals surface area (Å²) in [6.45, 7) is 3.31. The molecule has 2 aliphatic rings. The SMILES string of the molecule is NCC1CCCCC1COCC1CCOc2ccccc21. The van der Waals surface area contributed by atoms with E-state index in [1.807, 2.05) is 6.07 Å². The minimum atomic E-state index is 0.481. The van der Waals surface area contributed by atoms with Gasteiger partial charge in [-0.2, -0.15) is 0 Å². The monoisotopic (exact) mass is 289 g/mol. The van der Waals surface area contributed by atoms with Crippen molar-refractivity contribution in [2.75, 3.05) is 26.4 Å². The van der Waals surface area contributed by atoms with Gasteiger partial charge >= 0.3 is 0 Å². The summed E-state index contributed by atoms with van der Waals surface area (Å²) >= 11 is 0. The Bertz CT molecular complexity index is 449. The molecular weight excluding hydrogens is 262 g/mol. The molecule has 1 aliphatic heterocycles. The Hall–Kier alpha value is -1.06. The summed E-state index contributed by atoms with van der Waals surface area (Å²) < 4.78 is 11.8. The summed E-state index contributed by atoms with van der Waals surface area (Å²) in [7, 11) is 0. The average Bonchev–Trinajstić information content (AvgIpc) is 2.55. The second-order valence-electron chi connectivity index (χ2n) is 6.45. The van der Waals surface area contributed by atoms with E-state index in [4.69, 9.17) is 15.2 Å². The molecule has 1 aromatic rings. The third-order valence-corrected chi connectivity index (χ3v) is 5.10. The van der Waals surface area contributed by atoms with Crippen molar-refractivity contribution in [1.29, 1.82) is 0 Å². The van der Waals surface area contributed by atoms with Crippen molar-refractivity contribution in [3.05, 3.63) is 29.8 Å². The lowest BCUT2D eigenvalue weighted by molar-refractivity contribution is 0.0470. The average molecular weight is 289 g/mol. The normalized spacial score (nSPS) is 28.7. The Balaban J connectivity index is 1.52. The second-order valence-corrected chi connectivity index (χ2v) is 6.45. The van der Waals surface area contributed by atoms with Crippen LogP contribution in [0.2, 0.25) is 0 Å². The molecule has 0 amide bonds. The Morgan fingerprint density at radius 3 is 2.71 bits per heavy atom. The molecule has 1 heterocycles. The number of para-hydroxylation sites is 1. The Kier molecular flexibility index (Phi) is 5.15. The summed E-state index contributed by atoms with van der Waals surface area (Å²) in [4.78, 5) is 0. The fourth-order valence-corrected chi connectivity index (χ4v) is 3.76. The zero-order valence-corrected chi connectivity index (χ0v) is 12.8. The van der Waals surface area contributed by atoms with E-state index < -0.39 is 0 Å². The molecule has 3 unspecified atom stereocenters. The predicted octanol–water partition coefficient (Wildman–Crippen LogP) is 3.33. The maximum atomic E-state index is 6.09. The molecule has 0 saturated heterocycles. The van der Waals surface area contributed by atoms with Crippen molar-refractivity contribution in [3.63, 3.8) is 0 Å². The lowest BCUT2D eigenvalue weighted by atomic mass is 9.80. The number of rotatable bonds is 5. The van der Waals surface area contributed by atoms with Crippen molar-refractivity contribution in [2.24, 2.45) is 17.6 Å². The number of hydrogen-bond acceptors (Lipinski definition) is 3. The number of nitrogens with two attached hydrogens (primary N) is 1. The van der Waals surface area contributed by atoms with Crippen LogP contribution in [0, 0.1) is 11.8 Å². The van der Waals surface area contributed by atoms with Gasteiger partial charge in [0.05, 0.1) is 13.2 Å². The first-order valence-corrected chi connectivity index (χ1v) is 8.38. The van der Waals surface area contributed by atoms with Crippen molar-refractivity contribution in [2.45, 2.75) is 38.0 Å². The Morgan fingerprint density at radius 1 is 1.05 bits per heavy atom. The second kappa shape index (κ2) is 7.28. The number of hydrogen-bond donors (Lipinski definition) is 1. The zero-order valence-electron chi connectivity index (χ0n) is 12.8. The Morgan fingerprint density at radius 2 is 1.86 bits per heavy atom. The minimum absolute atomic E-state index is 0.481. The molecule has 3 rings (SSSR count). The quantitative estimate of drug-likeness (QED) is 0.904. The standard InChI is InChI=1S/C18H27NO2/c19-11-14-5-1-2-6-15(14)12-20-13-16-9-10-21-18-8-4-3-7-17(16)18/h3-4,7-8,14-16H,1-2,5-6,9-13,19H2. The lowest BCUT2D eigenvalue weighted by Gasteiger charge is -2.31. The molecule has 3 heteroatoms. The van der Waals surface area contributed by atoms with Crippen molar-refractivity contribution >= 4 is 0 Å². The molecule has 0 radical (unpaired) electrons. The van der Waals surface area contributed by atoms with Crippen LogP contribution in [0.3, 0.4) is 0 Å². The summed E-state index contributed by atoms with van der Waals surface area (Å²) in [6.07, 6.45) is 6.30. The Labute approximate surface area is 127 Å². The maximum absolute atomic E-state index is 6.09. The highest BCUT2D eigenvalue weighted by molar-refractivity contribution is 5.37. The highest BCUT2D eigenvalue weighted by atomic mass is 16.5. The van der Waals surface area contributed by atoms with Crippen LogP contribution in [0.5, 0.6) is 5.75 Å². The van der Waals surface area contributed by atoms with Crippen molar-refractivity contribution < 1.29 is 9.47 Å². The van der Waals surface area contributed by atoms with Gasteiger partial charge in [-0.1, -0.05) is 31.0 Å². The first kappa shape index (κ1) is 14.9. The third kappa shape index (κ3) is 3.58. The number of ether oxygens (including phenoxy) is 2. The van der Waals surface area contributed by atoms with Gasteiger partial charge in [0.1, 0.15) is 5.75 Å². The smallest absolute Gasteiger partial charge is 0.122 e. The van der Waals surface area contributed by atoms with Crippen LogP contribution >= 0.6 is 0 Å². The number of fused-ring (bicyclic) bond motifs is 1. The molecule has 116 valence electrons. The van der Waals surface area contributed by atoms with Gasteiger partial charge in [0, 0.05) is 12.5 Å². The summed E-state index contributed by atoms with van der Waals surface area (Å²) in [5.41, 5.74) is 7.21. The van der Waals surface area contributed by atoms with Crippen LogP contribution < -0.4 is 10.5 Å². The van der Waals surface area contributed by atoms with E-state index in [0.29, 0.717) is 17.8 Å². The molecule has 1 fully saturated rings. The van der Waals surface area contributed by atoms with Gasteiger partial charge in [0.15, 0.2) is 0 Å². The third-order valence-electron chi connectivity index (χ3n) is 5.10. The molecule has 1 saturated carbocycles. The van der Waals surface area contributed by atoms with E-state index >= 15 is 0 Å². The van der Waals surface area contributed by atoms with Crippen LogP contribution in [0.1, 0.15) is 43.6 Å². The topological polar surface area (TPSA) is 44.5 Å². The van der Waals surface area contributed by atoms with Gasteiger partial charge in [-0.15, -0.1) is 0 Å². The lowest BCUT2D eigenvalue weighted by Crippen LogP contribution is -2.30. The van der Waals surface area contributed by atoms with Gasteiger partial charge in [0.2, 0.25) is 0 Å². The molecule has 21 heavy (non-hydrogen) atoms. The van der Waals surface area contributed by atoms with E-state index in [9.17, 15) is 0 Å². The van der Waals surface area contributed by atoms with E-state index in [1.54, 1.807) is 0 Å². The maximum Gasteiger partial charge on any atom is 0.122 e. The molecule has 0 bridgehead atoms. The van der Waals surface area contributed by atoms with E-state index in [2.05, 4.69) is 18.2 Å². The van der Waals surface area contributed by atoms with Gasteiger partial charge < -0.3 is 15.2 Å². The van der Waals surface area contributed by atoms with Crippen LogP contribution in [0.4, 0.5) is 0 Å². The largest absolute Gasteiger partial charge is 0.493 e. The van der Waals surface area contributed by atoms with Gasteiger partial charge in [-0.05, 0) is 49.3 Å². The first-order valence-electron chi connectivity index (χ1n) is 8.38. The van der Waals surface area contributed by atoms with E-state index in [-0.39, 0.29) is 0 Å². The van der Waals surface area contributed by atoms with E-state index in [1.165, 1.54) is 31.2 Å². The highest BCUT2D eigenvalue weighted by Gasteiger charge is 2.25. The van der Waals surface area contributed by atoms with Gasteiger partial charge in [-0.25, -0.2) is 0 Å². The molecule has 3 nitrogen and oxygen atoms in total. The fourth-order valence-electron chi connectivity index (χ4n) is 3.76. The van der Waals surface area contributed by atoms with Crippen LogP contribution in [0.25, 0.3) is 0 Å². The summed E-state index contributed by atoms with van der Waals surface area (Å²) in [5.74, 6) is 2.85. The highest BCUT2D eigenvalue weighted by Crippen LogP contribution is 2.34. The molecule has 3 atom stereocenters. The molecule has 0 aromatic heterocycles. The molecule has 2 N–H and O–H groups in total. The fraction of sp³-hybridized carbons (Fsp3) is 0.667. The van der Waals surface area contributed by atoms with Crippen LogP contribution in [-0.2, 0) is 4.74 Å². The predicted molar refractivity (Wildman–Crippen MR) is 84.6 cm³/mol. The molecule has 1 aliphatic carbocycles. The summed E-state index contributed by atoms with van der Waals surface area (Å²) in [6, 6.07) is 8.36. The van der Waals surface area contributed by atoms with E-state index in [0.717, 1.165) is 38.5 Å². The van der Waals surface area contributed by atoms with Crippen molar-refractivity contribution in [3.8, 4) is 5.75 Å². The molecule has 1 aromatic carbocycles. The minimum Gasteiger partial charge on any atom is -0.493 e. The van der Waals surface area contributed by atoms with Crippen molar-refractivity contribution in [1.82, 2.24) is 0 Å². The zero-order chi connectivity index (χ0) is 14.5.